The van der Waals surface area contributed by atoms with E-state index in [1.165, 1.54) is 28.0 Å². The first kappa shape index (κ1) is 27.9. The molecule has 1 saturated heterocycles. The number of ether oxygens (including phenoxy) is 1. The minimum atomic E-state index is -0.865. The van der Waals surface area contributed by atoms with Crippen molar-refractivity contribution < 1.29 is 19.4 Å². The Morgan fingerprint density at radius 1 is 1.02 bits per heavy atom. The first-order valence-corrected chi connectivity index (χ1v) is 14.9. The first-order chi connectivity index (χ1) is 19.5. The lowest BCUT2D eigenvalue weighted by Gasteiger charge is -2.22. The fraction of sp³-hybridized carbons (Fsp3) is 0.200. The highest BCUT2D eigenvalue weighted by Crippen LogP contribution is 2.44. The molecule has 1 N–H and O–H groups in total. The van der Waals surface area contributed by atoms with E-state index in [-0.39, 0.29) is 16.5 Å². The monoisotopic (exact) mass is 591 g/mol. The van der Waals surface area contributed by atoms with Crippen molar-refractivity contribution in [2.45, 2.75) is 35.9 Å². The molecule has 1 aromatic heterocycles. The third-order valence-corrected chi connectivity index (χ3v) is 8.84. The summed E-state index contributed by atoms with van der Waals surface area (Å²) in [6.45, 7) is 2.69. The molecule has 1 atom stereocenters. The lowest BCUT2D eigenvalue weighted by molar-refractivity contribution is -0.132. The molecule has 10 heteroatoms. The number of benzene rings is 3. The van der Waals surface area contributed by atoms with Gasteiger partial charge in [-0.15, -0.1) is 10.2 Å². The highest BCUT2D eigenvalue weighted by atomic mass is 35.5. The third kappa shape index (κ3) is 5.91. The van der Waals surface area contributed by atoms with Gasteiger partial charge in [0.05, 0.1) is 18.2 Å². The number of unbranched alkanes of at least 4 members (excludes halogenated alkanes) is 1. The summed E-state index contributed by atoms with van der Waals surface area (Å²) in [4.78, 5) is 28.1. The zero-order valence-corrected chi connectivity index (χ0v) is 24.0. The van der Waals surface area contributed by atoms with E-state index in [4.69, 9.17) is 16.3 Å². The smallest absolute Gasteiger partial charge is 0.301 e. The number of aliphatic hydroxyl groups is 1. The Kier molecular flexibility index (Phi) is 8.84. The quantitative estimate of drug-likeness (QED) is 0.0517. The minimum absolute atomic E-state index is 0.00341. The molecule has 0 spiro atoms. The fourth-order valence-electron chi connectivity index (χ4n) is 4.29. The van der Waals surface area contributed by atoms with Crippen molar-refractivity contribution in [1.82, 2.24) is 10.2 Å². The number of hydrogen-bond acceptors (Lipinski definition) is 8. The fourth-order valence-corrected chi connectivity index (χ4v) is 6.45. The number of aromatic nitrogens is 2. The predicted molar refractivity (Wildman–Crippen MR) is 159 cm³/mol. The normalized spacial score (nSPS) is 16.4. The van der Waals surface area contributed by atoms with Crippen LogP contribution in [0.2, 0.25) is 5.02 Å². The second-order valence-corrected chi connectivity index (χ2v) is 11.6. The van der Waals surface area contributed by atoms with Crippen molar-refractivity contribution in [3.8, 4) is 5.75 Å². The number of rotatable bonds is 10. The van der Waals surface area contributed by atoms with Gasteiger partial charge in [0.15, 0.2) is 4.34 Å². The topological polar surface area (TPSA) is 92.6 Å². The van der Waals surface area contributed by atoms with Gasteiger partial charge in [-0.2, -0.15) is 0 Å². The highest BCUT2D eigenvalue weighted by Gasteiger charge is 2.48. The molecule has 1 aliphatic heterocycles. The maximum atomic E-state index is 13.4. The summed E-state index contributed by atoms with van der Waals surface area (Å²) in [6, 6.07) is 22.7. The van der Waals surface area contributed by atoms with Crippen LogP contribution in [0.5, 0.6) is 5.75 Å². The average molecular weight is 592 g/mol. The number of aliphatic hydroxyl groups excluding tert-OH is 1. The molecule has 0 saturated carbocycles. The molecule has 5 rings (SSSR count). The van der Waals surface area contributed by atoms with Crippen molar-refractivity contribution in [2.24, 2.45) is 0 Å². The van der Waals surface area contributed by atoms with Crippen molar-refractivity contribution in [2.75, 3.05) is 11.5 Å². The van der Waals surface area contributed by atoms with Crippen LogP contribution in [0.1, 0.15) is 42.5 Å². The Bertz CT molecular complexity index is 1540. The van der Waals surface area contributed by atoms with Crippen molar-refractivity contribution in [3.63, 3.8) is 0 Å². The van der Waals surface area contributed by atoms with Gasteiger partial charge in [-0.05, 0) is 47.9 Å². The van der Waals surface area contributed by atoms with Crippen LogP contribution < -0.4 is 9.64 Å². The Hall–Kier alpha value is -3.66. The number of carbonyl (C=O) groups excluding carboxylic acids is 2. The SMILES string of the molecule is CCCCOc1ccc(/C(O)=C2\C(=O)C(=O)N(c3nnc(SCc4ccccc4Cl)s3)C2c2ccccc2)cc1. The summed E-state index contributed by atoms with van der Waals surface area (Å²) in [5, 5.41) is 20.8. The van der Waals surface area contributed by atoms with Gasteiger partial charge < -0.3 is 9.84 Å². The van der Waals surface area contributed by atoms with Crippen LogP contribution >= 0.6 is 34.7 Å². The van der Waals surface area contributed by atoms with E-state index < -0.39 is 17.7 Å². The molecule has 0 radical (unpaired) electrons. The summed E-state index contributed by atoms with van der Waals surface area (Å²) in [5.74, 6) is -0.565. The van der Waals surface area contributed by atoms with Gasteiger partial charge in [-0.25, -0.2) is 0 Å². The summed E-state index contributed by atoms with van der Waals surface area (Å²) in [6.07, 6.45) is 1.96. The third-order valence-electron chi connectivity index (χ3n) is 6.36. The van der Waals surface area contributed by atoms with Crippen LogP contribution in [-0.2, 0) is 15.3 Å². The summed E-state index contributed by atoms with van der Waals surface area (Å²) < 4.78 is 6.34. The van der Waals surface area contributed by atoms with E-state index in [1.807, 2.05) is 54.6 Å². The Morgan fingerprint density at radius 2 is 1.75 bits per heavy atom. The van der Waals surface area contributed by atoms with Gasteiger partial charge in [-0.3, -0.25) is 14.5 Å². The maximum Gasteiger partial charge on any atom is 0.301 e. The Morgan fingerprint density at radius 3 is 2.48 bits per heavy atom. The number of halogens is 1. The molecular weight excluding hydrogens is 566 g/mol. The van der Waals surface area contributed by atoms with Crippen LogP contribution in [-0.4, -0.2) is 33.6 Å². The van der Waals surface area contributed by atoms with Crippen LogP contribution in [0.15, 0.2) is 88.8 Å². The molecule has 1 unspecified atom stereocenters. The Balaban J connectivity index is 1.47. The van der Waals surface area contributed by atoms with E-state index in [1.54, 1.807) is 24.3 Å². The molecule has 3 aromatic carbocycles. The van der Waals surface area contributed by atoms with Gasteiger partial charge in [-0.1, -0.05) is 96.6 Å². The summed E-state index contributed by atoms with van der Waals surface area (Å²) in [7, 11) is 0. The first-order valence-electron chi connectivity index (χ1n) is 12.8. The second kappa shape index (κ2) is 12.7. The van der Waals surface area contributed by atoms with E-state index in [9.17, 15) is 14.7 Å². The number of nitrogens with zero attached hydrogens (tertiary/aromatic N) is 3. The second-order valence-electron chi connectivity index (χ2n) is 9.04. The number of thioether (sulfide) groups is 1. The van der Waals surface area contributed by atoms with Crippen LogP contribution in [0.25, 0.3) is 5.76 Å². The van der Waals surface area contributed by atoms with Crippen LogP contribution in [0.4, 0.5) is 5.13 Å². The van der Waals surface area contributed by atoms with Gasteiger partial charge in [0.2, 0.25) is 5.13 Å². The molecule has 1 amide bonds. The predicted octanol–water partition coefficient (Wildman–Crippen LogP) is 7.29. The summed E-state index contributed by atoms with van der Waals surface area (Å²) >= 11 is 8.94. The summed E-state index contributed by atoms with van der Waals surface area (Å²) in [5.41, 5.74) is 2.03. The Labute approximate surface area is 245 Å². The van der Waals surface area contributed by atoms with Gasteiger partial charge >= 0.3 is 5.91 Å². The van der Waals surface area contributed by atoms with E-state index in [0.29, 0.717) is 38.6 Å². The molecule has 204 valence electrons. The molecule has 0 bridgehead atoms. The number of amides is 1. The number of anilines is 1. The highest BCUT2D eigenvalue weighted by molar-refractivity contribution is 8.00. The zero-order valence-electron chi connectivity index (χ0n) is 21.6. The molecular formula is C30H26ClN3O4S2. The number of hydrogen-bond donors (Lipinski definition) is 1. The molecule has 4 aromatic rings. The molecule has 7 nitrogen and oxygen atoms in total. The van der Waals surface area contributed by atoms with Crippen molar-refractivity contribution >= 4 is 57.3 Å². The van der Waals surface area contributed by atoms with Crippen molar-refractivity contribution in [1.29, 1.82) is 0 Å². The van der Waals surface area contributed by atoms with Crippen LogP contribution in [0.3, 0.4) is 0 Å². The molecule has 0 aliphatic carbocycles. The number of ketones is 1. The minimum Gasteiger partial charge on any atom is -0.507 e. The van der Waals surface area contributed by atoms with E-state index in [0.717, 1.165) is 18.4 Å². The van der Waals surface area contributed by atoms with Gasteiger partial charge in [0.25, 0.3) is 5.78 Å². The zero-order chi connectivity index (χ0) is 28.1. The van der Waals surface area contributed by atoms with Crippen molar-refractivity contribution in [3.05, 3.63) is 106 Å². The molecule has 40 heavy (non-hydrogen) atoms. The molecule has 2 heterocycles. The van der Waals surface area contributed by atoms with Gasteiger partial charge in [0.1, 0.15) is 11.5 Å². The van der Waals surface area contributed by atoms with Crippen LogP contribution in [0, 0.1) is 0 Å². The average Bonchev–Trinajstić information content (AvgIpc) is 3.55. The maximum absolute atomic E-state index is 13.4. The number of Topliss-reactive ketones (excluding diaryl/α,β-unsaturated/α-hetero) is 1. The van der Waals surface area contributed by atoms with Gasteiger partial charge in [0, 0.05) is 16.3 Å². The lowest BCUT2D eigenvalue weighted by atomic mass is 9.95. The molecule has 1 aliphatic rings. The van der Waals surface area contributed by atoms with E-state index in [2.05, 4.69) is 17.1 Å². The standard InChI is InChI=1S/C30H26ClN3O4S2/c1-2-3-17-38-22-15-13-20(14-16-22)26(35)24-25(19-9-5-4-6-10-19)34(28(37)27(24)36)29-32-33-30(40-29)39-18-21-11-7-8-12-23(21)31/h4-16,25,35H,2-3,17-18H2,1H3/b26-24+. The molecule has 1 fully saturated rings. The number of carbonyl (C=O) groups is 2. The largest absolute Gasteiger partial charge is 0.507 e. The van der Waals surface area contributed by atoms with E-state index >= 15 is 0 Å². The lowest BCUT2D eigenvalue weighted by Crippen LogP contribution is -2.29.